The van der Waals surface area contributed by atoms with E-state index in [0.717, 1.165) is 32.7 Å². The van der Waals surface area contributed by atoms with E-state index in [0.29, 0.717) is 11.1 Å². The highest BCUT2D eigenvalue weighted by molar-refractivity contribution is 6.24. The molecule has 0 heterocycles. The molecule has 0 unspecified atom stereocenters. The van der Waals surface area contributed by atoms with Crippen LogP contribution >= 0.6 is 0 Å². The number of ketones is 2. The highest BCUT2D eigenvalue weighted by Crippen LogP contribution is 2.28. The van der Waals surface area contributed by atoms with E-state index in [1.54, 1.807) is 12.2 Å². The van der Waals surface area contributed by atoms with E-state index in [1.165, 1.54) is 0 Å². The second-order valence-corrected chi connectivity index (χ2v) is 6.14. The first-order valence-electron chi connectivity index (χ1n) is 12.9. The van der Waals surface area contributed by atoms with E-state index in [4.69, 9.17) is 0 Å². The second-order valence-electron chi connectivity index (χ2n) is 6.14. The van der Waals surface area contributed by atoms with Crippen molar-refractivity contribution in [2.45, 2.75) is 69.2 Å². The second kappa shape index (κ2) is 16.4. The number of fused-ring (bicyclic) bond motifs is 6. The summed E-state index contributed by atoms with van der Waals surface area (Å²) in [4.78, 5) is 24.8. The minimum absolute atomic E-state index is 0.0298. The van der Waals surface area contributed by atoms with Gasteiger partial charge in [0, 0.05) is 11.1 Å². The smallest absolute Gasteiger partial charge is 0.187 e. The Morgan fingerprint density at radius 2 is 0.647 bits per heavy atom. The lowest BCUT2D eigenvalue weighted by Gasteiger charge is -2.18. The Morgan fingerprint density at radius 1 is 0.382 bits per heavy atom. The molecule has 2 aliphatic rings. The Hall–Kier alpha value is -3.26. The molecule has 2 aliphatic carbocycles. The van der Waals surface area contributed by atoms with Crippen molar-refractivity contribution in [3.63, 3.8) is 0 Å². The molecule has 2 nitrogen and oxygen atoms in total. The predicted octanol–water partition coefficient (Wildman–Crippen LogP) is 8.11. The molecule has 0 saturated heterocycles. The van der Waals surface area contributed by atoms with Gasteiger partial charge in [-0.05, 0) is 57.0 Å². The van der Waals surface area contributed by atoms with Crippen molar-refractivity contribution in [2.75, 3.05) is 0 Å². The van der Waals surface area contributed by atoms with E-state index in [2.05, 4.69) is 0 Å². The molecule has 0 amide bonds. The molecule has 0 aromatic heterocycles. The summed E-state index contributed by atoms with van der Waals surface area (Å²) in [6, 6.07) is 19.3. The Morgan fingerprint density at radius 3 is 0.941 bits per heavy atom. The fourth-order valence-electron chi connectivity index (χ4n) is 3.64. The Kier molecular flexibility index (Phi) is 14.8. The van der Waals surface area contributed by atoms with Crippen LogP contribution in [0.3, 0.4) is 0 Å². The molecule has 0 radical (unpaired) electrons. The summed E-state index contributed by atoms with van der Waals surface area (Å²) in [7, 11) is 0. The summed E-state index contributed by atoms with van der Waals surface area (Å²) in [6.07, 6.45) is 3.38. The van der Waals surface area contributed by atoms with E-state index in [9.17, 15) is 9.59 Å². The lowest BCUT2D eigenvalue weighted by molar-refractivity contribution is 0.105. The third-order valence-electron chi connectivity index (χ3n) is 4.76. The zero-order valence-electron chi connectivity index (χ0n) is 22.7. The molecular weight excluding hydrogens is 416 g/mol. The summed E-state index contributed by atoms with van der Waals surface area (Å²) in [5.41, 5.74) is 5.31. The van der Waals surface area contributed by atoms with Gasteiger partial charge in [-0.1, -0.05) is 118 Å². The number of Topliss-reactive ketones (excluding diaryl/α,β-unsaturated/α-hetero) is 2. The van der Waals surface area contributed by atoms with Gasteiger partial charge < -0.3 is 0 Å². The molecule has 34 heavy (non-hydrogen) atoms. The normalized spacial score (nSPS) is 10.6. The van der Waals surface area contributed by atoms with Crippen LogP contribution in [-0.2, 0) is 0 Å². The van der Waals surface area contributed by atoms with Crippen LogP contribution in [0.25, 0.3) is 34.4 Å². The van der Waals surface area contributed by atoms with Crippen molar-refractivity contribution < 1.29 is 9.59 Å². The molecule has 0 spiro atoms. The maximum Gasteiger partial charge on any atom is 0.187 e. The van der Waals surface area contributed by atoms with Crippen LogP contribution in [-0.4, -0.2) is 11.6 Å². The molecule has 182 valence electrons. The fourth-order valence-corrected chi connectivity index (χ4v) is 3.64. The van der Waals surface area contributed by atoms with E-state index >= 15 is 0 Å². The first-order valence-corrected chi connectivity index (χ1v) is 12.9. The number of carbonyl (C=O) groups excluding carboxylic acids is 2. The molecule has 0 bridgehead atoms. The van der Waals surface area contributed by atoms with Gasteiger partial charge in [0.2, 0.25) is 0 Å². The van der Waals surface area contributed by atoms with E-state index in [1.807, 2.05) is 130 Å². The number of hydrogen-bond donors (Lipinski definition) is 0. The molecule has 2 heteroatoms. The maximum absolute atomic E-state index is 12.4. The molecule has 0 atom stereocenters. The molecule has 0 saturated carbocycles. The minimum atomic E-state index is 0.0298. The average Bonchev–Trinajstić information content (AvgIpc) is 2.94. The van der Waals surface area contributed by atoms with Gasteiger partial charge >= 0.3 is 0 Å². The van der Waals surface area contributed by atoms with Crippen molar-refractivity contribution in [1.82, 2.24) is 0 Å². The van der Waals surface area contributed by atoms with Crippen LogP contribution in [0.1, 0.15) is 90.0 Å². The van der Waals surface area contributed by atoms with Gasteiger partial charge in [0.05, 0.1) is 0 Å². The van der Waals surface area contributed by atoms with Gasteiger partial charge in [0.15, 0.2) is 11.6 Å². The average molecular weight is 459 g/mol. The number of benzene rings is 3. The van der Waals surface area contributed by atoms with E-state index in [-0.39, 0.29) is 11.6 Å². The summed E-state index contributed by atoms with van der Waals surface area (Å²) >= 11 is 0. The monoisotopic (exact) mass is 458 g/mol. The van der Waals surface area contributed by atoms with Crippen LogP contribution in [0.5, 0.6) is 0 Å². The zero-order valence-corrected chi connectivity index (χ0v) is 22.7. The lowest BCUT2D eigenvalue weighted by Crippen LogP contribution is -2.24. The third-order valence-corrected chi connectivity index (χ3v) is 4.76. The van der Waals surface area contributed by atoms with Crippen LogP contribution in [0, 0.1) is 0 Å². The molecule has 3 aromatic carbocycles. The standard InChI is InChI=1S/C22H12O2.5C2H6/c23-21-11-13-10-20-14(9-19(13)15-5-1-3-7-17(15)21)12-22(24)18-8-4-2-6-16(18)20;5*1-2/h1-12H;5*1-2H3. The van der Waals surface area contributed by atoms with Crippen LogP contribution < -0.4 is 10.4 Å². The lowest BCUT2D eigenvalue weighted by atomic mass is 9.84. The van der Waals surface area contributed by atoms with Crippen molar-refractivity contribution in [3.8, 4) is 22.3 Å². The first kappa shape index (κ1) is 30.7. The van der Waals surface area contributed by atoms with Crippen LogP contribution in [0.2, 0.25) is 0 Å². The molecule has 3 aromatic rings. The molecule has 0 N–H and O–H groups in total. The van der Waals surface area contributed by atoms with Gasteiger partial charge in [-0.3, -0.25) is 9.59 Å². The van der Waals surface area contributed by atoms with Gasteiger partial charge in [-0.25, -0.2) is 0 Å². The van der Waals surface area contributed by atoms with Crippen LogP contribution in [0.15, 0.2) is 60.7 Å². The van der Waals surface area contributed by atoms with Gasteiger partial charge in [-0.15, -0.1) is 0 Å². The maximum atomic E-state index is 12.4. The van der Waals surface area contributed by atoms with Crippen LogP contribution in [0.4, 0.5) is 0 Å². The Balaban J connectivity index is 0.000000976. The van der Waals surface area contributed by atoms with Crippen molar-refractivity contribution >= 4 is 23.7 Å². The highest BCUT2D eigenvalue weighted by atomic mass is 16.1. The molecule has 0 aliphatic heterocycles. The summed E-state index contributed by atoms with van der Waals surface area (Å²) in [5.74, 6) is 0.0596. The third kappa shape index (κ3) is 6.41. The van der Waals surface area contributed by atoms with Gasteiger partial charge in [0.25, 0.3) is 0 Å². The summed E-state index contributed by atoms with van der Waals surface area (Å²) in [5, 5.41) is 1.82. The zero-order chi connectivity index (χ0) is 26.3. The fraction of sp³-hybridized carbons (Fsp3) is 0.312. The Bertz CT molecular complexity index is 1090. The van der Waals surface area contributed by atoms with E-state index < -0.39 is 0 Å². The number of hydrogen-bond acceptors (Lipinski definition) is 2. The van der Waals surface area contributed by atoms with Gasteiger partial charge in [-0.2, -0.15) is 0 Å². The highest BCUT2D eigenvalue weighted by Gasteiger charge is 2.21. The number of carbonyl (C=O) groups is 2. The first-order chi connectivity index (χ1) is 16.7. The largest absolute Gasteiger partial charge is 0.289 e. The predicted molar refractivity (Wildman–Crippen MR) is 151 cm³/mol. The SMILES string of the molecule is CC.CC.CC.CC.CC.O=C1C=c2cc3c(cc2-c2ccccc21)=CC(=O)c1ccccc1-3. The molecular formula is C32H42O2. The molecule has 5 rings (SSSR count). The van der Waals surface area contributed by atoms with Crippen molar-refractivity contribution in [1.29, 1.82) is 0 Å². The van der Waals surface area contributed by atoms with Gasteiger partial charge in [0.1, 0.15) is 0 Å². The van der Waals surface area contributed by atoms with Crippen molar-refractivity contribution in [2.24, 2.45) is 0 Å². The summed E-state index contributed by atoms with van der Waals surface area (Å²) < 4.78 is 0. The quantitative estimate of drug-likeness (QED) is 0.341. The number of rotatable bonds is 0. The minimum Gasteiger partial charge on any atom is -0.289 e. The molecule has 0 fully saturated rings. The summed E-state index contributed by atoms with van der Waals surface area (Å²) in [6.45, 7) is 20.0. The topological polar surface area (TPSA) is 34.1 Å². The van der Waals surface area contributed by atoms with Crippen molar-refractivity contribution in [3.05, 3.63) is 82.2 Å². The Labute approximate surface area is 207 Å².